The minimum absolute atomic E-state index is 0.197. The highest BCUT2D eigenvalue weighted by Gasteiger charge is 2.22. The van der Waals surface area contributed by atoms with E-state index < -0.39 is 0 Å². The normalized spacial score (nSPS) is 16.2. The first-order valence-corrected chi connectivity index (χ1v) is 8.18. The van der Waals surface area contributed by atoms with Gasteiger partial charge in [0.25, 0.3) is 5.91 Å². The van der Waals surface area contributed by atoms with Crippen molar-refractivity contribution in [2.45, 2.75) is 0 Å². The number of nitrogens with zero attached hydrogens (tertiary/aromatic N) is 1. The first-order valence-electron chi connectivity index (χ1n) is 6.20. The Morgan fingerprint density at radius 3 is 2.68 bits per heavy atom. The van der Waals surface area contributed by atoms with Gasteiger partial charge in [0.05, 0.1) is 26.3 Å². The second kappa shape index (κ2) is 6.38. The Morgan fingerprint density at radius 1 is 1.18 bits per heavy atom. The number of halogens is 2. The van der Waals surface area contributed by atoms with Crippen molar-refractivity contribution in [1.29, 1.82) is 0 Å². The molecule has 3 nitrogen and oxygen atoms in total. The molecule has 3 rings (SSSR count). The third-order valence-corrected chi connectivity index (χ3v) is 4.81. The van der Waals surface area contributed by atoms with Gasteiger partial charge < -0.3 is 5.32 Å². The number of aromatic nitrogens is 1. The molecule has 1 aromatic carbocycles. The van der Waals surface area contributed by atoms with Gasteiger partial charge >= 0.3 is 0 Å². The quantitative estimate of drug-likeness (QED) is 0.625. The topological polar surface area (TPSA) is 42.0 Å². The molecular formula is C15H8Cl2N2OS2. The van der Waals surface area contributed by atoms with E-state index in [1.54, 1.807) is 18.2 Å². The van der Waals surface area contributed by atoms with E-state index in [1.165, 1.54) is 11.8 Å². The summed E-state index contributed by atoms with van der Waals surface area (Å²) in [6, 6.07) is 10.9. The van der Waals surface area contributed by atoms with Gasteiger partial charge in [0.1, 0.15) is 4.32 Å². The Morgan fingerprint density at radius 2 is 2.00 bits per heavy atom. The Balaban J connectivity index is 1.96. The van der Waals surface area contributed by atoms with Gasteiger partial charge in [-0.1, -0.05) is 59.3 Å². The van der Waals surface area contributed by atoms with Gasteiger partial charge in [-0.3, -0.25) is 4.79 Å². The molecule has 110 valence electrons. The molecule has 1 aliphatic rings. The van der Waals surface area contributed by atoms with Crippen LogP contribution in [0.4, 0.5) is 0 Å². The maximum absolute atomic E-state index is 11.7. The molecule has 0 saturated carbocycles. The van der Waals surface area contributed by atoms with Crippen LogP contribution >= 0.6 is 47.2 Å². The molecule has 0 bridgehead atoms. The summed E-state index contributed by atoms with van der Waals surface area (Å²) in [6.07, 6.45) is 1.71. The Labute approximate surface area is 146 Å². The van der Waals surface area contributed by atoms with E-state index in [-0.39, 0.29) is 5.91 Å². The number of hydrogen-bond acceptors (Lipinski definition) is 4. The number of benzene rings is 1. The lowest BCUT2D eigenvalue weighted by Gasteiger charge is -2.04. The standard InChI is InChI=1S/C15H8Cl2N2OS2/c16-10-5-4-8(6-11(10)17)12-3-1-2-9(18-12)7-13-14(20)19-15(21)22-13/h1-7H,(H,19,20,21)/b13-7-. The molecule has 0 atom stereocenters. The fourth-order valence-electron chi connectivity index (χ4n) is 1.90. The number of thioether (sulfide) groups is 1. The van der Waals surface area contributed by atoms with E-state index >= 15 is 0 Å². The molecule has 1 amide bonds. The SMILES string of the molecule is O=C1NC(=S)S/C1=C\c1cccc(-c2ccc(Cl)c(Cl)c2)n1. The number of carbonyl (C=O) groups excluding carboxylic acids is 1. The number of thiocarbonyl (C=S) groups is 1. The van der Waals surface area contributed by atoms with Gasteiger partial charge in [-0.05, 0) is 30.3 Å². The fourth-order valence-corrected chi connectivity index (χ4v) is 3.23. The lowest BCUT2D eigenvalue weighted by Crippen LogP contribution is -2.17. The zero-order valence-corrected chi connectivity index (χ0v) is 14.1. The summed E-state index contributed by atoms with van der Waals surface area (Å²) < 4.78 is 0.455. The average molecular weight is 367 g/mol. The van der Waals surface area contributed by atoms with Crippen LogP contribution < -0.4 is 5.32 Å². The number of amides is 1. The van der Waals surface area contributed by atoms with Crippen molar-refractivity contribution in [2.75, 3.05) is 0 Å². The summed E-state index contributed by atoms with van der Waals surface area (Å²) >= 11 is 18.1. The Hall–Kier alpha value is -1.40. The molecule has 0 aliphatic carbocycles. The number of carbonyl (C=O) groups is 1. The largest absolute Gasteiger partial charge is 0.307 e. The summed E-state index contributed by atoms with van der Waals surface area (Å²) in [4.78, 5) is 16.7. The molecule has 1 fully saturated rings. The van der Waals surface area contributed by atoms with Crippen molar-refractivity contribution in [2.24, 2.45) is 0 Å². The number of rotatable bonds is 2. The maximum atomic E-state index is 11.7. The Kier molecular flexibility index (Phi) is 4.49. The summed E-state index contributed by atoms with van der Waals surface area (Å²) in [5.74, 6) is -0.197. The second-order valence-corrected chi connectivity index (χ2v) is 6.96. The van der Waals surface area contributed by atoms with Crippen LogP contribution in [0.25, 0.3) is 17.3 Å². The highest BCUT2D eigenvalue weighted by Crippen LogP contribution is 2.29. The molecule has 0 spiro atoms. The molecule has 0 radical (unpaired) electrons. The van der Waals surface area contributed by atoms with Crippen molar-refractivity contribution in [1.82, 2.24) is 10.3 Å². The van der Waals surface area contributed by atoms with Gasteiger partial charge in [-0.25, -0.2) is 4.98 Å². The van der Waals surface area contributed by atoms with Crippen LogP contribution in [-0.2, 0) is 4.79 Å². The number of hydrogen-bond donors (Lipinski definition) is 1. The van der Waals surface area contributed by atoms with Gasteiger partial charge in [0, 0.05) is 5.56 Å². The van der Waals surface area contributed by atoms with E-state index in [9.17, 15) is 4.79 Å². The average Bonchev–Trinajstić information content (AvgIpc) is 2.80. The van der Waals surface area contributed by atoms with E-state index in [2.05, 4.69) is 10.3 Å². The van der Waals surface area contributed by atoms with Crippen LogP contribution in [0.3, 0.4) is 0 Å². The highest BCUT2D eigenvalue weighted by molar-refractivity contribution is 8.26. The van der Waals surface area contributed by atoms with E-state index in [1.807, 2.05) is 24.3 Å². The first-order chi connectivity index (χ1) is 10.5. The zero-order chi connectivity index (χ0) is 15.7. The predicted molar refractivity (Wildman–Crippen MR) is 96.0 cm³/mol. The van der Waals surface area contributed by atoms with Crippen LogP contribution in [-0.4, -0.2) is 15.2 Å². The maximum Gasteiger partial charge on any atom is 0.263 e. The van der Waals surface area contributed by atoms with Crippen LogP contribution in [0.15, 0.2) is 41.3 Å². The van der Waals surface area contributed by atoms with Crippen LogP contribution in [0.2, 0.25) is 10.0 Å². The van der Waals surface area contributed by atoms with Gasteiger partial charge in [-0.2, -0.15) is 0 Å². The summed E-state index contributed by atoms with van der Waals surface area (Å²) in [7, 11) is 0. The molecule has 2 aromatic rings. The molecule has 2 heterocycles. The van der Waals surface area contributed by atoms with Crippen LogP contribution in [0.1, 0.15) is 5.69 Å². The third-order valence-electron chi connectivity index (χ3n) is 2.91. The molecule has 22 heavy (non-hydrogen) atoms. The van der Waals surface area contributed by atoms with Gasteiger partial charge in [-0.15, -0.1) is 0 Å². The molecule has 1 aromatic heterocycles. The third kappa shape index (κ3) is 3.33. The zero-order valence-electron chi connectivity index (χ0n) is 11.0. The van der Waals surface area contributed by atoms with E-state index in [4.69, 9.17) is 35.4 Å². The molecular weight excluding hydrogens is 359 g/mol. The van der Waals surface area contributed by atoms with Crippen molar-refractivity contribution in [3.8, 4) is 11.3 Å². The molecule has 1 aliphatic heterocycles. The predicted octanol–water partition coefficient (Wildman–Crippen LogP) is 4.54. The minimum Gasteiger partial charge on any atom is -0.307 e. The van der Waals surface area contributed by atoms with Crippen LogP contribution in [0.5, 0.6) is 0 Å². The lowest BCUT2D eigenvalue weighted by molar-refractivity contribution is -0.115. The van der Waals surface area contributed by atoms with Crippen molar-refractivity contribution in [3.05, 3.63) is 57.0 Å². The van der Waals surface area contributed by atoms with E-state index in [0.29, 0.717) is 25.0 Å². The second-order valence-electron chi connectivity index (χ2n) is 4.43. The smallest absolute Gasteiger partial charge is 0.263 e. The highest BCUT2D eigenvalue weighted by atomic mass is 35.5. The van der Waals surface area contributed by atoms with Crippen molar-refractivity contribution in [3.63, 3.8) is 0 Å². The number of nitrogens with one attached hydrogen (secondary N) is 1. The first kappa shape index (κ1) is 15.5. The Bertz CT molecular complexity index is 821. The summed E-state index contributed by atoms with van der Waals surface area (Å²) in [5, 5.41) is 3.54. The molecule has 0 unspecified atom stereocenters. The van der Waals surface area contributed by atoms with Gasteiger partial charge in [0.2, 0.25) is 0 Å². The minimum atomic E-state index is -0.197. The molecule has 1 N–H and O–H groups in total. The summed E-state index contributed by atoms with van der Waals surface area (Å²) in [5.41, 5.74) is 2.28. The van der Waals surface area contributed by atoms with Crippen molar-refractivity contribution >= 4 is 63.5 Å². The monoisotopic (exact) mass is 366 g/mol. The lowest BCUT2D eigenvalue weighted by atomic mass is 10.1. The van der Waals surface area contributed by atoms with E-state index in [0.717, 1.165) is 11.3 Å². The molecule has 1 saturated heterocycles. The van der Waals surface area contributed by atoms with Crippen molar-refractivity contribution < 1.29 is 4.79 Å². The fraction of sp³-hybridized carbons (Fsp3) is 0. The summed E-state index contributed by atoms with van der Waals surface area (Å²) in [6.45, 7) is 0. The van der Waals surface area contributed by atoms with Gasteiger partial charge in [0.15, 0.2) is 0 Å². The number of pyridine rings is 1. The van der Waals surface area contributed by atoms with Crippen LogP contribution in [0, 0.1) is 0 Å². The molecule has 7 heteroatoms.